The summed E-state index contributed by atoms with van der Waals surface area (Å²) in [7, 11) is 2.00. The minimum absolute atomic E-state index is 0.442. The largest absolute Gasteiger partial charge is 0.298 e. The molecule has 0 saturated heterocycles. The van der Waals surface area contributed by atoms with Crippen LogP contribution in [0.15, 0.2) is 36.9 Å². The summed E-state index contributed by atoms with van der Waals surface area (Å²) in [4.78, 5) is 13.2. The molecule has 2 N–H and O–H groups in total. The molecule has 0 spiro atoms. The smallest absolute Gasteiger partial charge is 0.274 e. The summed E-state index contributed by atoms with van der Waals surface area (Å²) in [5, 5.41) is 8.45. The molecule has 0 aromatic heterocycles. The molecule has 4 nitrogen and oxygen atoms in total. The maximum absolute atomic E-state index is 11.1. The Hall–Kier alpha value is -1.65. The number of amides is 1. The van der Waals surface area contributed by atoms with Crippen molar-refractivity contribution in [2.24, 2.45) is 0 Å². The molecule has 0 radical (unpaired) electrons. The summed E-state index contributed by atoms with van der Waals surface area (Å²) in [6.45, 7) is 5.29. The number of nitrogens with one attached hydrogen (secondary N) is 1. The van der Waals surface area contributed by atoms with Crippen molar-refractivity contribution in [1.29, 1.82) is 0 Å². The number of benzene rings is 1. The van der Waals surface area contributed by atoms with E-state index in [2.05, 4.69) is 11.5 Å². The van der Waals surface area contributed by atoms with Gasteiger partial charge in [-0.1, -0.05) is 18.2 Å². The third-order valence-corrected chi connectivity index (χ3v) is 2.21. The molecule has 1 aromatic carbocycles. The van der Waals surface area contributed by atoms with Crippen LogP contribution in [-0.4, -0.2) is 29.6 Å². The van der Waals surface area contributed by atoms with Gasteiger partial charge in [-0.15, -0.1) is 6.58 Å². The molecule has 0 aliphatic rings. The fourth-order valence-electron chi connectivity index (χ4n) is 1.42. The van der Waals surface area contributed by atoms with Crippen molar-refractivity contribution in [2.45, 2.75) is 6.54 Å². The van der Waals surface area contributed by atoms with Crippen molar-refractivity contribution >= 4 is 5.91 Å². The van der Waals surface area contributed by atoms with Crippen LogP contribution in [-0.2, 0) is 6.54 Å². The van der Waals surface area contributed by atoms with Crippen molar-refractivity contribution < 1.29 is 10.0 Å². The van der Waals surface area contributed by atoms with Crippen LogP contribution in [0.2, 0.25) is 0 Å². The highest BCUT2D eigenvalue weighted by Crippen LogP contribution is 2.06. The molecule has 0 atom stereocenters. The number of rotatable bonds is 5. The van der Waals surface area contributed by atoms with E-state index in [9.17, 15) is 4.79 Å². The van der Waals surface area contributed by atoms with E-state index in [1.165, 1.54) is 0 Å². The molecule has 1 rings (SSSR count). The monoisotopic (exact) mass is 220 g/mol. The van der Waals surface area contributed by atoms with E-state index >= 15 is 0 Å². The zero-order chi connectivity index (χ0) is 12.0. The first-order valence-electron chi connectivity index (χ1n) is 5.00. The van der Waals surface area contributed by atoms with E-state index in [4.69, 9.17) is 5.21 Å². The van der Waals surface area contributed by atoms with Crippen molar-refractivity contribution in [1.82, 2.24) is 10.4 Å². The first-order valence-corrected chi connectivity index (χ1v) is 5.00. The molecule has 0 aliphatic carbocycles. The molecular weight excluding hydrogens is 204 g/mol. The van der Waals surface area contributed by atoms with Crippen LogP contribution < -0.4 is 5.48 Å². The zero-order valence-electron chi connectivity index (χ0n) is 9.31. The maximum Gasteiger partial charge on any atom is 0.274 e. The number of carbonyl (C=O) groups is 1. The van der Waals surface area contributed by atoms with Gasteiger partial charge in [0.1, 0.15) is 0 Å². The van der Waals surface area contributed by atoms with E-state index in [-0.39, 0.29) is 0 Å². The summed E-state index contributed by atoms with van der Waals surface area (Å²) in [5.74, 6) is -0.494. The molecule has 0 saturated carbocycles. The minimum Gasteiger partial charge on any atom is -0.298 e. The predicted octanol–water partition coefficient (Wildman–Crippen LogP) is 1.42. The van der Waals surface area contributed by atoms with Crippen LogP contribution in [0.3, 0.4) is 0 Å². The Morgan fingerprint density at radius 1 is 1.50 bits per heavy atom. The number of hydroxylamine groups is 1. The fourth-order valence-corrected chi connectivity index (χ4v) is 1.42. The Morgan fingerprint density at radius 2 is 2.12 bits per heavy atom. The highest BCUT2D eigenvalue weighted by molar-refractivity contribution is 5.93. The molecule has 1 amide bonds. The summed E-state index contributed by atoms with van der Waals surface area (Å²) in [5.41, 5.74) is 3.15. The molecule has 0 unspecified atom stereocenters. The van der Waals surface area contributed by atoms with Crippen LogP contribution in [0.1, 0.15) is 15.9 Å². The first kappa shape index (κ1) is 12.4. The molecule has 1 aromatic rings. The quantitative estimate of drug-likeness (QED) is 0.448. The van der Waals surface area contributed by atoms with Crippen LogP contribution >= 0.6 is 0 Å². The van der Waals surface area contributed by atoms with Gasteiger partial charge < -0.3 is 0 Å². The fraction of sp³-hybridized carbons (Fsp3) is 0.250. The number of hydrogen-bond donors (Lipinski definition) is 2. The van der Waals surface area contributed by atoms with E-state index in [0.29, 0.717) is 5.56 Å². The maximum atomic E-state index is 11.1. The van der Waals surface area contributed by atoms with Gasteiger partial charge in [0, 0.05) is 18.7 Å². The molecule has 0 heterocycles. The molecule has 0 fully saturated rings. The van der Waals surface area contributed by atoms with Gasteiger partial charge in [-0.25, -0.2) is 5.48 Å². The third kappa shape index (κ3) is 3.49. The lowest BCUT2D eigenvalue weighted by molar-refractivity contribution is 0.0706. The second-order valence-electron chi connectivity index (χ2n) is 3.62. The lowest BCUT2D eigenvalue weighted by Gasteiger charge is -2.14. The van der Waals surface area contributed by atoms with Crippen molar-refractivity contribution in [3.05, 3.63) is 48.0 Å². The highest BCUT2D eigenvalue weighted by atomic mass is 16.5. The van der Waals surface area contributed by atoms with E-state index in [1.807, 2.05) is 25.3 Å². The molecule has 0 bridgehead atoms. The summed E-state index contributed by atoms with van der Waals surface area (Å²) in [6.07, 6.45) is 1.84. The Labute approximate surface area is 95.2 Å². The molecule has 16 heavy (non-hydrogen) atoms. The Kier molecular flexibility index (Phi) is 4.69. The molecule has 86 valence electrons. The summed E-state index contributed by atoms with van der Waals surface area (Å²) in [6, 6.07) is 7.10. The standard InChI is InChI=1S/C12H16N2O2/c1-3-8-14(2)9-10-4-6-11(7-5-10)12(15)13-16/h3-7,16H,1,8-9H2,2H3,(H,13,15). The van der Waals surface area contributed by atoms with Crippen molar-refractivity contribution in [2.75, 3.05) is 13.6 Å². The SMILES string of the molecule is C=CCN(C)Cc1ccc(C(=O)NO)cc1. The van der Waals surface area contributed by atoms with Crippen LogP contribution in [0.5, 0.6) is 0 Å². The Bertz CT molecular complexity index is 360. The number of hydrogen-bond acceptors (Lipinski definition) is 3. The van der Waals surface area contributed by atoms with Gasteiger partial charge in [-0.3, -0.25) is 14.9 Å². The first-order chi connectivity index (χ1) is 7.67. The molecule has 0 aliphatic heterocycles. The summed E-state index contributed by atoms with van der Waals surface area (Å²) < 4.78 is 0. The molecular formula is C12H16N2O2. The van der Waals surface area contributed by atoms with E-state index in [0.717, 1.165) is 18.7 Å². The normalized spacial score (nSPS) is 10.2. The second kappa shape index (κ2) is 6.05. The van der Waals surface area contributed by atoms with Gasteiger partial charge in [0.15, 0.2) is 0 Å². The minimum atomic E-state index is -0.494. The third-order valence-electron chi connectivity index (χ3n) is 2.21. The lowest BCUT2D eigenvalue weighted by Crippen LogP contribution is -2.19. The van der Waals surface area contributed by atoms with Crippen LogP contribution in [0.25, 0.3) is 0 Å². The summed E-state index contributed by atoms with van der Waals surface area (Å²) >= 11 is 0. The van der Waals surface area contributed by atoms with Crippen molar-refractivity contribution in [3.8, 4) is 0 Å². The number of nitrogens with zero attached hydrogens (tertiary/aromatic N) is 1. The van der Waals surface area contributed by atoms with Crippen LogP contribution in [0, 0.1) is 0 Å². The Balaban J connectivity index is 2.64. The van der Waals surface area contributed by atoms with Crippen molar-refractivity contribution in [3.63, 3.8) is 0 Å². The average molecular weight is 220 g/mol. The second-order valence-corrected chi connectivity index (χ2v) is 3.62. The zero-order valence-corrected chi connectivity index (χ0v) is 9.31. The lowest BCUT2D eigenvalue weighted by atomic mass is 10.1. The van der Waals surface area contributed by atoms with Gasteiger partial charge in [-0.05, 0) is 24.7 Å². The Morgan fingerprint density at radius 3 is 2.62 bits per heavy atom. The van der Waals surface area contributed by atoms with E-state index < -0.39 is 5.91 Å². The van der Waals surface area contributed by atoms with Gasteiger partial charge in [0.2, 0.25) is 0 Å². The van der Waals surface area contributed by atoms with Gasteiger partial charge in [0.05, 0.1) is 0 Å². The average Bonchev–Trinajstić information content (AvgIpc) is 2.29. The van der Waals surface area contributed by atoms with Gasteiger partial charge in [-0.2, -0.15) is 0 Å². The van der Waals surface area contributed by atoms with Gasteiger partial charge >= 0.3 is 0 Å². The number of carbonyl (C=O) groups excluding carboxylic acids is 1. The van der Waals surface area contributed by atoms with Crippen LogP contribution in [0.4, 0.5) is 0 Å². The van der Waals surface area contributed by atoms with Gasteiger partial charge in [0.25, 0.3) is 5.91 Å². The molecule has 4 heteroatoms. The predicted molar refractivity (Wildman–Crippen MR) is 62.2 cm³/mol. The topological polar surface area (TPSA) is 52.6 Å². The van der Waals surface area contributed by atoms with E-state index in [1.54, 1.807) is 17.6 Å². The number of likely N-dealkylation sites (N-methyl/N-ethyl adjacent to an activating group) is 1. The highest BCUT2D eigenvalue weighted by Gasteiger charge is 2.04.